The van der Waals surface area contributed by atoms with Crippen LogP contribution in [0.2, 0.25) is 0 Å². The van der Waals surface area contributed by atoms with Gasteiger partial charge in [-0.15, -0.1) is 5.10 Å². The van der Waals surface area contributed by atoms with Gasteiger partial charge in [0.05, 0.1) is 24.2 Å². The van der Waals surface area contributed by atoms with Crippen LogP contribution in [0, 0.1) is 12.7 Å². The molecule has 188 valence electrons. The molecular weight excluding hydrogens is 481 g/mol. The predicted molar refractivity (Wildman–Crippen MR) is 113 cm³/mol. The van der Waals surface area contributed by atoms with Gasteiger partial charge in [0, 0.05) is 18.8 Å². The smallest absolute Gasteiger partial charge is 0.385 e. The molecule has 1 aliphatic heterocycles. The van der Waals surface area contributed by atoms with Gasteiger partial charge in [0.25, 0.3) is 5.95 Å². The fourth-order valence-electron chi connectivity index (χ4n) is 4.27. The second-order valence-corrected chi connectivity index (χ2v) is 8.39. The van der Waals surface area contributed by atoms with Crippen LogP contribution in [0.3, 0.4) is 0 Å². The maximum Gasteiger partial charge on any atom is 0.416 e. The van der Waals surface area contributed by atoms with Crippen LogP contribution >= 0.6 is 0 Å². The normalized spacial score (nSPS) is 16.4. The third kappa shape index (κ3) is 5.33. The first-order valence-electron chi connectivity index (χ1n) is 10.7. The summed E-state index contributed by atoms with van der Waals surface area (Å²) in [4.78, 5) is 2.70. The van der Waals surface area contributed by atoms with Crippen molar-refractivity contribution in [2.45, 2.75) is 44.7 Å². The molecule has 6 nitrogen and oxygen atoms in total. The Kier molecular flexibility index (Phi) is 6.36. The third-order valence-corrected chi connectivity index (χ3v) is 5.80. The number of alkyl halides is 6. The Hall–Kier alpha value is -3.38. The second kappa shape index (κ2) is 9.00. The van der Waals surface area contributed by atoms with E-state index >= 15 is 0 Å². The molecule has 0 saturated carbocycles. The van der Waals surface area contributed by atoms with Crippen molar-refractivity contribution in [2.24, 2.45) is 7.05 Å². The fraction of sp³-hybridized carbons (Fsp3) is 0.409. The maximum absolute atomic E-state index is 14.1. The molecule has 0 unspecified atom stereocenters. The fourth-order valence-corrected chi connectivity index (χ4v) is 4.27. The molecule has 0 spiro atoms. The van der Waals surface area contributed by atoms with E-state index in [1.54, 1.807) is 4.90 Å². The highest BCUT2D eigenvalue weighted by molar-refractivity contribution is 5.60. The molecule has 1 N–H and O–H groups in total. The van der Waals surface area contributed by atoms with Gasteiger partial charge in [0.1, 0.15) is 5.82 Å². The van der Waals surface area contributed by atoms with Crippen LogP contribution in [0.25, 0.3) is 0 Å². The Morgan fingerprint density at radius 3 is 2.43 bits per heavy atom. The van der Waals surface area contributed by atoms with Gasteiger partial charge in [-0.05, 0) is 65.9 Å². The number of anilines is 2. The van der Waals surface area contributed by atoms with E-state index in [4.69, 9.17) is 0 Å². The molecule has 0 saturated heterocycles. The number of nitrogens with one attached hydrogen (secondary N) is 1. The van der Waals surface area contributed by atoms with E-state index in [0.29, 0.717) is 31.0 Å². The molecule has 0 amide bonds. The lowest BCUT2D eigenvalue weighted by atomic mass is 9.94. The van der Waals surface area contributed by atoms with Crippen molar-refractivity contribution in [3.63, 3.8) is 0 Å². The van der Waals surface area contributed by atoms with Crippen LogP contribution in [0.15, 0.2) is 30.3 Å². The van der Waals surface area contributed by atoms with E-state index in [1.807, 2.05) is 0 Å². The zero-order valence-corrected chi connectivity index (χ0v) is 18.7. The number of halogens is 7. The van der Waals surface area contributed by atoms with Gasteiger partial charge in [-0.2, -0.15) is 31.1 Å². The van der Waals surface area contributed by atoms with Crippen LogP contribution in [-0.4, -0.2) is 26.8 Å². The quantitative estimate of drug-likeness (QED) is 0.468. The average molecular weight is 502 g/mol. The molecule has 0 radical (unpaired) electrons. The molecule has 1 aromatic heterocycles. The lowest BCUT2D eigenvalue weighted by Crippen LogP contribution is -2.30. The molecular formula is C22H21F7N6. The maximum atomic E-state index is 14.1. The van der Waals surface area contributed by atoms with E-state index in [9.17, 15) is 30.7 Å². The van der Waals surface area contributed by atoms with E-state index in [1.165, 1.54) is 20.0 Å². The second-order valence-electron chi connectivity index (χ2n) is 8.39. The number of fused-ring (bicyclic) bond motifs is 1. The van der Waals surface area contributed by atoms with Crippen LogP contribution in [0.1, 0.15) is 46.7 Å². The largest absolute Gasteiger partial charge is 0.416 e. The number of rotatable bonds is 4. The zero-order valence-electron chi connectivity index (χ0n) is 18.7. The van der Waals surface area contributed by atoms with Crippen molar-refractivity contribution < 1.29 is 30.7 Å². The monoisotopic (exact) mass is 502 g/mol. The van der Waals surface area contributed by atoms with E-state index < -0.39 is 35.3 Å². The summed E-state index contributed by atoms with van der Waals surface area (Å²) in [5, 5.41) is 14.9. The SMILES string of the molecule is Cc1cc2c(cc1C(F)(F)F)NCCC[C@@H]2N(Cc1cc(F)cc(C(F)(F)F)c1)c1nnn(C)n1. The summed E-state index contributed by atoms with van der Waals surface area (Å²) in [6.07, 6.45) is -8.32. The van der Waals surface area contributed by atoms with Gasteiger partial charge in [-0.1, -0.05) is 11.2 Å². The third-order valence-electron chi connectivity index (χ3n) is 5.80. The highest BCUT2D eigenvalue weighted by Crippen LogP contribution is 2.42. The number of benzene rings is 2. The summed E-state index contributed by atoms with van der Waals surface area (Å²) in [6, 6.07) is 4.06. The van der Waals surface area contributed by atoms with Crippen molar-refractivity contribution in [1.82, 2.24) is 20.2 Å². The minimum Gasteiger partial charge on any atom is -0.385 e. The summed E-state index contributed by atoms with van der Waals surface area (Å²) < 4.78 is 94.4. The van der Waals surface area contributed by atoms with Gasteiger partial charge in [-0.3, -0.25) is 0 Å². The molecule has 1 aliphatic rings. The van der Waals surface area contributed by atoms with Gasteiger partial charge in [-0.25, -0.2) is 4.39 Å². The molecule has 2 aromatic carbocycles. The lowest BCUT2D eigenvalue weighted by Gasteiger charge is -2.32. The first-order valence-corrected chi connectivity index (χ1v) is 10.7. The predicted octanol–water partition coefficient (Wildman–Crippen LogP) is 5.65. The highest BCUT2D eigenvalue weighted by Gasteiger charge is 2.36. The number of nitrogens with zero attached hydrogens (tertiary/aromatic N) is 5. The van der Waals surface area contributed by atoms with E-state index in [0.717, 1.165) is 23.0 Å². The summed E-state index contributed by atoms with van der Waals surface area (Å²) in [6.45, 7) is 1.51. The minimum atomic E-state index is -4.75. The summed E-state index contributed by atoms with van der Waals surface area (Å²) in [5.41, 5.74) is -1.15. The van der Waals surface area contributed by atoms with Crippen molar-refractivity contribution in [3.8, 4) is 0 Å². The Balaban J connectivity index is 1.82. The van der Waals surface area contributed by atoms with E-state index in [2.05, 4.69) is 20.7 Å². The van der Waals surface area contributed by atoms with Gasteiger partial charge < -0.3 is 10.2 Å². The summed E-state index contributed by atoms with van der Waals surface area (Å²) in [7, 11) is 1.50. The number of aryl methyl sites for hydroxylation is 2. The standard InChI is InChI=1S/C22H21F7N6/c1-12-6-16-18(10-17(12)22(27,28)29)30-5-3-4-19(16)35(20-31-33-34(2)32-20)11-13-7-14(21(24,25)26)9-15(23)8-13/h6-10,19,30H,3-5,11H2,1-2H3/t19-/m0/s1. The number of tetrazole rings is 1. The Labute approximate surface area is 195 Å². The van der Waals surface area contributed by atoms with Gasteiger partial charge in [0.15, 0.2) is 0 Å². The molecule has 35 heavy (non-hydrogen) atoms. The van der Waals surface area contributed by atoms with Crippen LogP contribution in [-0.2, 0) is 25.9 Å². The molecule has 4 rings (SSSR count). The van der Waals surface area contributed by atoms with Crippen molar-refractivity contribution in [3.05, 3.63) is 64.0 Å². The zero-order chi connectivity index (χ0) is 25.5. The first-order chi connectivity index (χ1) is 16.3. The lowest BCUT2D eigenvalue weighted by molar-refractivity contribution is -0.138. The highest BCUT2D eigenvalue weighted by atomic mass is 19.4. The molecule has 3 aromatic rings. The molecule has 2 heterocycles. The molecule has 13 heteroatoms. The van der Waals surface area contributed by atoms with Crippen molar-refractivity contribution >= 4 is 11.6 Å². The summed E-state index contributed by atoms with van der Waals surface area (Å²) in [5.74, 6) is -1.00. The van der Waals surface area contributed by atoms with Gasteiger partial charge in [0.2, 0.25) is 0 Å². The number of aromatic nitrogens is 4. The van der Waals surface area contributed by atoms with Crippen molar-refractivity contribution in [2.75, 3.05) is 16.8 Å². The van der Waals surface area contributed by atoms with Crippen LogP contribution in [0.4, 0.5) is 42.4 Å². The molecule has 1 atom stereocenters. The molecule has 0 fully saturated rings. The Bertz CT molecular complexity index is 1220. The molecule has 0 bridgehead atoms. The summed E-state index contributed by atoms with van der Waals surface area (Å²) >= 11 is 0. The average Bonchev–Trinajstić information content (AvgIpc) is 3.06. The number of hydrogen-bond donors (Lipinski definition) is 1. The number of hydrogen-bond acceptors (Lipinski definition) is 5. The first kappa shape index (κ1) is 24.7. The molecule has 0 aliphatic carbocycles. The van der Waals surface area contributed by atoms with Crippen LogP contribution in [0.5, 0.6) is 0 Å². The topological polar surface area (TPSA) is 58.9 Å². The van der Waals surface area contributed by atoms with E-state index in [-0.39, 0.29) is 29.3 Å². The van der Waals surface area contributed by atoms with Crippen LogP contribution < -0.4 is 10.2 Å². The minimum absolute atomic E-state index is 0.00196. The Morgan fingerprint density at radius 2 is 1.80 bits per heavy atom. The van der Waals surface area contributed by atoms with Crippen molar-refractivity contribution in [1.29, 1.82) is 0 Å². The Morgan fingerprint density at radius 1 is 1.06 bits per heavy atom. The van der Waals surface area contributed by atoms with Gasteiger partial charge >= 0.3 is 12.4 Å².